The Bertz CT molecular complexity index is 2680. The minimum Gasteiger partial charge on any atom is -0.496 e. The lowest BCUT2D eigenvalue weighted by molar-refractivity contribution is -0.00544. The van der Waals surface area contributed by atoms with E-state index in [4.69, 9.17) is 28.9 Å². The molecule has 0 aliphatic heterocycles. The van der Waals surface area contributed by atoms with Gasteiger partial charge in [-0.1, -0.05) is 135 Å². The fourth-order valence-electron chi connectivity index (χ4n) is 8.17. The summed E-state index contributed by atoms with van der Waals surface area (Å²) in [5.74, 6) is 0.417. The molecular formula is C49H45BrN4O6. The van der Waals surface area contributed by atoms with E-state index in [-0.39, 0.29) is 18.8 Å². The van der Waals surface area contributed by atoms with Crippen LogP contribution in [0.4, 0.5) is 0 Å². The number of methoxy groups -OCH3 is 2. The number of fused-ring (bicyclic) bond motifs is 2. The van der Waals surface area contributed by atoms with E-state index in [1.165, 1.54) is 14.2 Å². The first-order valence-electron chi connectivity index (χ1n) is 19.9. The number of aromatic nitrogens is 4. The summed E-state index contributed by atoms with van der Waals surface area (Å²) in [5.41, 5.74) is 4.99. The van der Waals surface area contributed by atoms with Crippen LogP contribution in [-0.4, -0.2) is 57.3 Å². The zero-order valence-electron chi connectivity index (χ0n) is 33.8. The SMILES string of the molecule is CCc1c(C(O)(c2ccccc2)c2ccccc2)nc2cc(OCCOC(c3ccccc3)(c3ccccc3)c3nc4cc(OC)c(C(=O)OC)cn4c3CC)c(Br)cn12. The van der Waals surface area contributed by atoms with Crippen LogP contribution in [0.5, 0.6) is 11.5 Å². The fraction of sp³-hybridized carbons (Fsp3) is 0.204. The fourth-order valence-corrected chi connectivity index (χ4v) is 8.60. The number of hydrogen-bond acceptors (Lipinski definition) is 8. The zero-order chi connectivity index (χ0) is 41.9. The van der Waals surface area contributed by atoms with Crippen molar-refractivity contribution in [3.8, 4) is 11.5 Å². The van der Waals surface area contributed by atoms with E-state index in [9.17, 15) is 9.90 Å². The summed E-state index contributed by atoms with van der Waals surface area (Å²) in [5, 5.41) is 12.7. The monoisotopic (exact) mass is 864 g/mol. The second-order valence-corrected chi connectivity index (χ2v) is 15.1. The van der Waals surface area contributed by atoms with Crippen LogP contribution in [0.2, 0.25) is 0 Å². The Kier molecular flexibility index (Phi) is 11.6. The number of ether oxygens (including phenoxy) is 4. The highest BCUT2D eigenvalue weighted by Crippen LogP contribution is 2.43. The number of benzene rings is 4. The van der Waals surface area contributed by atoms with E-state index in [1.807, 2.05) is 142 Å². The average molecular weight is 866 g/mol. The lowest BCUT2D eigenvalue weighted by atomic mass is 9.82. The van der Waals surface area contributed by atoms with Crippen molar-refractivity contribution in [3.63, 3.8) is 0 Å². The lowest BCUT2D eigenvalue weighted by Gasteiger charge is -2.35. The van der Waals surface area contributed by atoms with Crippen LogP contribution in [0.25, 0.3) is 11.3 Å². The van der Waals surface area contributed by atoms with Crippen molar-refractivity contribution in [2.75, 3.05) is 27.4 Å². The Morgan fingerprint density at radius 1 is 0.650 bits per heavy atom. The molecule has 0 aliphatic rings. The summed E-state index contributed by atoms with van der Waals surface area (Å²) >= 11 is 3.77. The molecule has 304 valence electrons. The van der Waals surface area contributed by atoms with Crippen molar-refractivity contribution >= 4 is 33.2 Å². The molecule has 4 aromatic carbocycles. The molecule has 0 fully saturated rings. The number of carbonyl (C=O) groups excluding carboxylic acids is 1. The van der Waals surface area contributed by atoms with Gasteiger partial charge in [0.05, 0.1) is 25.3 Å². The number of carbonyl (C=O) groups is 1. The van der Waals surface area contributed by atoms with Gasteiger partial charge in [-0.15, -0.1) is 0 Å². The summed E-state index contributed by atoms with van der Waals surface area (Å²) in [4.78, 5) is 23.2. The van der Waals surface area contributed by atoms with Crippen molar-refractivity contribution < 1.29 is 28.8 Å². The maximum absolute atomic E-state index is 12.9. The first-order chi connectivity index (χ1) is 29.3. The molecule has 0 aliphatic carbocycles. The van der Waals surface area contributed by atoms with E-state index >= 15 is 0 Å². The predicted octanol–water partition coefficient (Wildman–Crippen LogP) is 9.34. The van der Waals surface area contributed by atoms with Crippen LogP contribution in [0.15, 0.2) is 150 Å². The van der Waals surface area contributed by atoms with E-state index in [2.05, 4.69) is 29.8 Å². The minimum atomic E-state index is -1.50. The Morgan fingerprint density at radius 3 is 1.62 bits per heavy atom. The van der Waals surface area contributed by atoms with Crippen LogP contribution in [0.3, 0.4) is 0 Å². The zero-order valence-corrected chi connectivity index (χ0v) is 35.4. The number of esters is 1. The normalized spacial score (nSPS) is 11.9. The number of nitrogens with zero attached hydrogens (tertiary/aromatic N) is 4. The molecule has 11 heteroatoms. The quantitative estimate of drug-likeness (QED) is 0.0803. The molecule has 0 bridgehead atoms. The van der Waals surface area contributed by atoms with Gasteiger partial charge >= 0.3 is 5.97 Å². The summed E-state index contributed by atoms with van der Waals surface area (Å²) < 4.78 is 29.0. The van der Waals surface area contributed by atoms with Gasteiger partial charge in [0.25, 0.3) is 0 Å². The Morgan fingerprint density at radius 2 is 1.12 bits per heavy atom. The summed E-state index contributed by atoms with van der Waals surface area (Å²) in [6, 6.07) is 43.0. The molecule has 8 rings (SSSR count). The van der Waals surface area contributed by atoms with Crippen molar-refractivity contribution in [3.05, 3.63) is 201 Å². The van der Waals surface area contributed by atoms with Gasteiger partial charge in [-0.05, 0) is 51.0 Å². The van der Waals surface area contributed by atoms with Gasteiger partial charge in [-0.3, -0.25) is 0 Å². The molecule has 0 saturated carbocycles. The number of pyridine rings is 2. The summed E-state index contributed by atoms with van der Waals surface area (Å²) in [6.45, 7) is 4.46. The molecule has 4 heterocycles. The number of imidazole rings is 2. The van der Waals surface area contributed by atoms with Crippen molar-refractivity contribution in [1.82, 2.24) is 18.8 Å². The van der Waals surface area contributed by atoms with Crippen LogP contribution < -0.4 is 9.47 Å². The smallest absolute Gasteiger partial charge is 0.343 e. The molecule has 60 heavy (non-hydrogen) atoms. The molecule has 8 aromatic rings. The van der Waals surface area contributed by atoms with Gasteiger partial charge in [-0.2, -0.15) is 0 Å². The van der Waals surface area contributed by atoms with E-state index in [0.717, 1.165) is 38.1 Å². The third-order valence-electron chi connectivity index (χ3n) is 11.0. The maximum atomic E-state index is 12.9. The Labute approximate surface area is 357 Å². The highest BCUT2D eigenvalue weighted by atomic mass is 79.9. The topological polar surface area (TPSA) is 109 Å². The highest BCUT2D eigenvalue weighted by molar-refractivity contribution is 9.10. The van der Waals surface area contributed by atoms with Gasteiger partial charge in [-0.25, -0.2) is 14.8 Å². The first-order valence-corrected chi connectivity index (χ1v) is 20.7. The molecule has 0 saturated heterocycles. The van der Waals surface area contributed by atoms with E-state index in [0.29, 0.717) is 47.0 Å². The number of aliphatic hydroxyl groups is 1. The standard InChI is InChI=1S/C49H45BrN4O6/c1-5-39-45(48(56,33-19-11-7-12-20-33)34-21-13-8-14-22-34)51-44-30-42(38(50)32-54(39)44)59-27-28-60-49(35-23-15-9-16-24-35,36-25-17-10-18-26-36)46-40(6-2)53-31-37(47(55)58-4)41(57-3)29-43(53)52-46/h7-26,29-32,56H,5-6,27-28H2,1-4H3. The number of hydrogen-bond donors (Lipinski definition) is 1. The summed E-state index contributed by atoms with van der Waals surface area (Å²) in [6.07, 6.45) is 4.86. The van der Waals surface area contributed by atoms with Gasteiger partial charge < -0.3 is 32.9 Å². The van der Waals surface area contributed by atoms with Crippen LogP contribution in [0.1, 0.15) is 69.2 Å². The summed E-state index contributed by atoms with van der Waals surface area (Å²) in [7, 11) is 2.87. The lowest BCUT2D eigenvalue weighted by Crippen LogP contribution is -2.36. The third-order valence-corrected chi connectivity index (χ3v) is 11.6. The van der Waals surface area contributed by atoms with Gasteiger partial charge in [0.2, 0.25) is 0 Å². The molecule has 4 aromatic heterocycles. The maximum Gasteiger partial charge on any atom is 0.343 e. The van der Waals surface area contributed by atoms with Gasteiger partial charge in [0.1, 0.15) is 46.4 Å². The van der Waals surface area contributed by atoms with E-state index in [1.54, 1.807) is 12.3 Å². The molecular weight excluding hydrogens is 820 g/mol. The van der Waals surface area contributed by atoms with Gasteiger partial charge in [0.15, 0.2) is 11.2 Å². The molecule has 0 unspecified atom stereocenters. The largest absolute Gasteiger partial charge is 0.496 e. The van der Waals surface area contributed by atoms with Crippen LogP contribution >= 0.6 is 15.9 Å². The molecule has 0 radical (unpaired) electrons. The van der Waals surface area contributed by atoms with E-state index < -0.39 is 17.2 Å². The molecule has 0 amide bonds. The number of aryl methyl sites for hydroxylation is 2. The Hall–Kier alpha value is -6.27. The highest BCUT2D eigenvalue weighted by Gasteiger charge is 2.43. The van der Waals surface area contributed by atoms with Crippen LogP contribution in [-0.2, 0) is 33.5 Å². The predicted molar refractivity (Wildman–Crippen MR) is 234 cm³/mol. The second kappa shape index (κ2) is 17.1. The molecule has 0 spiro atoms. The average Bonchev–Trinajstić information content (AvgIpc) is 3.86. The van der Waals surface area contributed by atoms with Gasteiger partial charge in [0, 0.05) is 35.9 Å². The van der Waals surface area contributed by atoms with Crippen molar-refractivity contribution in [2.24, 2.45) is 0 Å². The number of halogens is 1. The first kappa shape index (κ1) is 40.5. The molecule has 10 nitrogen and oxygen atoms in total. The number of rotatable bonds is 15. The minimum absolute atomic E-state index is 0.164. The van der Waals surface area contributed by atoms with Crippen molar-refractivity contribution in [2.45, 2.75) is 37.9 Å². The Balaban J connectivity index is 1.18. The molecule has 1 N–H and O–H groups in total. The third kappa shape index (κ3) is 7.02. The van der Waals surface area contributed by atoms with Crippen LogP contribution in [0, 0.1) is 0 Å². The van der Waals surface area contributed by atoms with Crippen molar-refractivity contribution in [1.29, 1.82) is 0 Å². The molecule has 0 atom stereocenters. The second-order valence-electron chi connectivity index (χ2n) is 14.3.